The molecule has 0 atom stereocenters. The Morgan fingerprint density at radius 3 is 1.47 bits per heavy atom. The standard InChI is InChI=1S/C78H47N9S/c1-5-21-48(22-6-1)73-80-76(51-37-41-66-60(45-51)56-30-14-17-33-63(56)85(66)53-27-11-4-12-28-53)82-77(81-73)52-38-42-67(62(46-52)78-83-74(49-23-7-2-8-24-49)79-75(84-78)50-25-9-3-10-26-50)87-64-34-18-13-29-55(64)58-40-43-68-71(72(58)87)59-32-15-19-35-65(59)86(68)54-39-44-70-61(47-54)57-31-16-20-36-69(57)88-70/h1-47H/i1D,5D,6D,21D,22D. The van der Waals surface area contributed by atoms with E-state index in [-0.39, 0.29) is 23.0 Å². The maximum atomic E-state index is 9.28. The normalized spacial score (nSPS) is 12.7. The second-order valence-electron chi connectivity index (χ2n) is 21.8. The molecule has 0 spiro atoms. The van der Waals surface area contributed by atoms with Crippen LogP contribution in [0.1, 0.15) is 6.85 Å². The highest BCUT2D eigenvalue weighted by molar-refractivity contribution is 7.25. The fraction of sp³-hybridized carbons (Fsp3) is 0. The lowest BCUT2D eigenvalue weighted by Gasteiger charge is -2.17. The Morgan fingerprint density at radius 2 is 0.773 bits per heavy atom. The molecule has 0 saturated heterocycles. The van der Waals surface area contributed by atoms with E-state index < -0.39 is 30.2 Å². The first kappa shape index (κ1) is 44.8. The molecule has 0 aliphatic carbocycles. The number of thiophene rings is 1. The van der Waals surface area contributed by atoms with Crippen molar-refractivity contribution < 1.29 is 6.85 Å². The molecule has 0 fully saturated rings. The summed E-state index contributed by atoms with van der Waals surface area (Å²) >= 11 is 1.81. The van der Waals surface area contributed by atoms with Crippen molar-refractivity contribution in [3.8, 4) is 85.4 Å². The fourth-order valence-electron chi connectivity index (χ4n) is 12.9. The van der Waals surface area contributed by atoms with Crippen molar-refractivity contribution >= 4 is 96.9 Å². The smallest absolute Gasteiger partial charge is 0.166 e. The second-order valence-corrected chi connectivity index (χ2v) is 22.9. The number of nitrogens with zero attached hydrogens (tertiary/aromatic N) is 9. The van der Waals surface area contributed by atoms with Crippen LogP contribution in [0.4, 0.5) is 0 Å². The Labute approximate surface area is 515 Å². The molecule has 0 saturated carbocycles. The van der Waals surface area contributed by atoms with E-state index in [1.165, 1.54) is 20.2 Å². The summed E-state index contributed by atoms with van der Waals surface area (Å²) in [6.07, 6.45) is 0. The van der Waals surface area contributed by atoms with Gasteiger partial charge in [0.05, 0.1) is 45.6 Å². The van der Waals surface area contributed by atoms with Crippen LogP contribution in [0.3, 0.4) is 0 Å². The third kappa shape index (κ3) is 7.93. The van der Waals surface area contributed by atoms with Gasteiger partial charge in [-0.2, -0.15) is 0 Å². The highest BCUT2D eigenvalue weighted by Crippen LogP contribution is 2.46. The van der Waals surface area contributed by atoms with Gasteiger partial charge < -0.3 is 13.7 Å². The zero-order valence-corrected chi connectivity index (χ0v) is 47.5. The van der Waals surface area contributed by atoms with E-state index in [0.717, 1.165) is 93.6 Å². The summed E-state index contributed by atoms with van der Waals surface area (Å²) in [5.41, 5.74) is 12.0. The van der Waals surface area contributed by atoms with Crippen LogP contribution in [0.5, 0.6) is 0 Å². The molecule has 410 valence electrons. The van der Waals surface area contributed by atoms with E-state index in [9.17, 15) is 2.74 Å². The van der Waals surface area contributed by atoms with Gasteiger partial charge in [-0.15, -0.1) is 11.3 Å². The first-order valence-electron chi connectivity index (χ1n) is 31.5. The van der Waals surface area contributed by atoms with Crippen LogP contribution in [-0.4, -0.2) is 43.6 Å². The van der Waals surface area contributed by atoms with E-state index in [1.54, 1.807) is 11.3 Å². The first-order valence-corrected chi connectivity index (χ1v) is 29.8. The second kappa shape index (κ2) is 20.0. The molecule has 88 heavy (non-hydrogen) atoms. The minimum atomic E-state index is -0.522. The number of hydrogen-bond acceptors (Lipinski definition) is 7. The minimum Gasteiger partial charge on any atom is -0.309 e. The van der Waals surface area contributed by atoms with Gasteiger partial charge in [0.15, 0.2) is 34.9 Å². The lowest BCUT2D eigenvalue weighted by molar-refractivity contribution is 1.06. The summed E-state index contributed by atoms with van der Waals surface area (Å²) in [4.78, 5) is 31.5. The highest BCUT2D eigenvalue weighted by atomic mass is 32.1. The van der Waals surface area contributed by atoms with E-state index >= 15 is 0 Å². The molecule has 0 bridgehead atoms. The van der Waals surface area contributed by atoms with Crippen LogP contribution in [0.25, 0.3) is 171 Å². The lowest BCUT2D eigenvalue weighted by atomic mass is 10.0. The Kier molecular flexibility index (Phi) is 10.1. The molecule has 0 radical (unpaired) electrons. The summed E-state index contributed by atoms with van der Waals surface area (Å²) in [6.45, 7) is 0. The fourth-order valence-corrected chi connectivity index (χ4v) is 14.0. The summed E-state index contributed by atoms with van der Waals surface area (Å²) < 4.78 is 54.3. The van der Waals surface area contributed by atoms with Crippen molar-refractivity contribution in [1.82, 2.24) is 43.6 Å². The van der Waals surface area contributed by atoms with Crippen molar-refractivity contribution in [2.45, 2.75) is 0 Å². The molecule has 6 heterocycles. The monoisotopic (exact) mass is 1150 g/mol. The predicted octanol–water partition coefficient (Wildman–Crippen LogP) is 19.7. The lowest BCUT2D eigenvalue weighted by Crippen LogP contribution is -2.05. The summed E-state index contributed by atoms with van der Waals surface area (Å²) in [6, 6.07) is 85.0. The molecule has 6 aromatic heterocycles. The van der Waals surface area contributed by atoms with Gasteiger partial charge in [-0.1, -0.05) is 188 Å². The number of para-hydroxylation sites is 4. The largest absolute Gasteiger partial charge is 0.309 e. The molecule has 0 aliphatic rings. The average Bonchev–Trinajstić information content (AvgIpc) is 1.56. The molecule has 0 aliphatic heterocycles. The van der Waals surface area contributed by atoms with Gasteiger partial charge in [-0.25, -0.2) is 29.9 Å². The molecule has 0 N–H and O–H groups in total. The molecule has 0 unspecified atom stereocenters. The Hall–Kier alpha value is -11.7. The Balaban J connectivity index is 0.928. The number of hydrogen-bond donors (Lipinski definition) is 0. The van der Waals surface area contributed by atoms with Crippen LogP contribution in [0.15, 0.2) is 285 Å². The highest BCUT2D eigenvalue weighted by Gasteiger charge is 2.26. The molecule has 9 nitrogen and oxygen atoms in total. The van der Waals surface area contributed by atoms with Crippen molar-refractivity contribution in [2.24, 2.45) is 0 Å². The maximum Gasteiger partial charge on any atom is 0.166 e. The molecule has 18 aromatic rings. The van der Waals surface area contributed by atoms with Crippen LogP contribution in [-0.2, 0) is 0 Å². The van der Waals surface area contributed by atoms with Gasteiger partial charge in [-0.05, 0) is 97.1 Å². The van der Waals surface area contributed by atoms with Crippen molar-refractivity contribution in [3.05, 3.63) is 285 Å². The van der Waals surface area contributed by atoms with E-state index in [2.05, 4.69) is 159 Å². The van der Waals surface area contributed by atoms with E-state index in [0.29, 0.717) is 34.2 Å². The third-order valence-corrected chi connectivity index (χ3v) is 18.0. The number of aromatic nitrogens is 9. The summed E-state index contributed by atoms with van der Waals surface area (Å²) in [5.74, 6) is 1.63. The maximum absolute atomic E-state index is 9.28. The Bertz CT molecular complexity index is 6060. The quantitative estimate of drug-likeness (QED) is 0.143. The first-order chi connectivity index (χ1) is 45.7. The number of benzene rings is 12. The van der Waals surface area contributed by atoms with Gasteiger partial charge in [0.25, 0.3) is 0 Å². The molecule has 12 aromatic carbocycles. The van der Waals surface area contributed by atoms with Crippen molar-refractivity contribution in [2.75, 3.05) is 0 Å². The zero-order valence-electron chi connectivity index (χ0n) is 51.7. The summed E-state index contributed by atoms with van der Waals surface area (Å²) in [5, 5.41) is 8.64. The van der Waals surface area contributed by atoms with Crippen molar-refractivity contribution in [3.63, 3.8) is 0 Å². The molecule has 0 amide bonds. The van der Waals surface area contributed by atoms with Gasteiger partial charge in [0.2, 0.25) is 0 Å². The van der Waals surface area contributed by atoms with Gasteiger partial charge in [-0.3, -0.25) is 0 Å². The van der Waals surface area contributed by atoms with Crippen LogP contribution < -0.4 is 0 Å². The number of fused-ring (bicyclic) bond motifs is 13. The van der Waals surface area contributed by atoms with E-state index in [4.69, 9.17) is 34.0 Å². The number of rotatable bonds is 9. The third-order valence-electron chi connectivity index (χ3n) is 16.8. The summed E-state index contributed by atoms with van der Waals surface area (Å²) in [7, 11) is 0. The molecular weight excluding hydrogens is 1090 g/mol. The SMILES string of the molecule is [2H]c1c([2H])c([2H])c(-c2nc(-c3ccc(-n4c5ccccc5c5ccc6c(c7ccccc7n6-c6ccc7sc8ccccc8c7c6)c54)c(-c4nc(-c5ccccc5)nc(-c5ccccc5)n4)c3)nc(-c3ccc4c(c3)c3ccccc3n4-c3ccccc3)n2)c([2H])c1[2H]. The minimum absolute atomic E-state index is 0.0881. The van der Waals surface area contributed by atoms with E-state index in [1.807, 2.05) is 109 Å². The predicted molar refractivity (Wildman–Crippen MR) is 362 cm³/mol. The zero-order chi connectivity index (χ0) is 62.2. The van der Waals surface area contributed by atoms with Gasteiger partial charge in [0.1, 0.15) is 0 Å². The Morgan fingerprint density at radius 1 is 0.284 bits per heavy atom. The van der Waals surface area contributed by atoms with Crippen LogP contribution in [0.2, 0.25) is 0 Å². The topological polar surface area (TPSA) is 92.1 Å². The van der Waals surface area contributed by atoms with Crippen LogP contribution >= 0.6 is 11.3 Å². The average molecular weight is 1150 g/mol. The van der Waals surface area contributed by atoms with Gasteiger partial charge in [0, 0.05) is 97.2 Å². The van der Waals surface area contributed by atoms with Crippen LogP contribution in [0, 0.1) is 0 Å². The van der Waals surface area contributed by atoms with Crippen molar-refractivity contribution in [1.29, 1.82) is 0 Å². The molecular formula is C78H47N9S. The molecule has 10 heteroatoms. The van der Waals surface area contributed by atoms with Gasteiger partial charge >= 0.3 is 0 Å². The molecule has 18 rings (SSSR count).